The van der Waals surface area contributed by atoms with E-state index in [1.165, 1.54) is 11.3 Å². The smallest absolute Gasteiger partial charge is 0.263 e. The molecule has 0 atom stereocenters. The van der Waals surface area contributed by atoms with Crippen molar-refractivity contribution in [3.05, 3.63) is 15.0 Å². The Morgan fingerprint density at radius 2 is 2.23 bits per heavy atom. The molecule has 0 saturated heterocycles. The van der Waals surface area contributed by atoms with E-state index in [1.807, 2.05) is 20.8 Å². The first kappa shape index (κ1) is 10.7. The van der Waals surface area contributed by atoms with Gasteiger partial charge in [-0.25, -0.2) is 4.98 Å². The van der Waals surface area contributed by atoms with Crippen LogP contribution < -0.4 is 5.32 Å². The minimum absolute atomic E-state index is 0.0734. The van der Waals surface area contributed by atoms with Crippen LogP contribution >= 0.6 is 27.3 Å². The van der Waals surface area contributed by atoms with Crippen molar-refractivity contribution in [2.75, 3.05) is 0 Å². The fourth-order valence-corrected chi connectivity index (χ4v) is 1.92. The summed E-state index contributed by atoms with van der Waals surface area (Å²) in [5.74, 6) is -0.0734. The number of halogens is 1. The van der Waals surface area contributed by atoms with Crippen LogP contribution in [0.15, 0.2) is 10.1 Å². The molecule has 0 bridgehead atoms. The van der Waals surface area contributed by atoms with Crippen LogP contribution in [-0.2, 0) is 0 Å². The lowest BCUT2D eigenvalue weighted by Crippen LogP contribution is -2.40. The summed E-state index contributed by atoms with van der Waals surface area (Å²) in [6.07, 6.45) is 1.57. The Morgan fingerprint density at radius 3 is 2.62 bits per heavy atom. The molecule has 0 aromatic carbocycles. The van der Waals surface area contributed by atoms with E-state index >= 15 is 0 Å². The lowest BCUT2D eigenvalue weighted by atomic mass is 10.1. The lowest BCUT2D eigenvalue weighted by Gasteiger charge is -2.19. The molecule has 0 radical (unpaired) electrons. The molecule has 1 amide bonds. The average Bonchev–Trinajstić information content (AvgIpc) is 2.31. The maximum atomic E-state index is 11.5. The lowest BCUT2D eigenvalue weighted by molar-refractivity contribution is 0.0923. The maximum absolute atomic E-state index is 11.5. The van der Waals surface area contributed by atoms with E-state index in [4.69, 9.17) is 0 Å². The Labute approximate surface area is 89.7 Å². The number of thiazole rings is 1. The zero-order chi connectivity index (χ0) is 10.1. The fraction of sp³-hybridized carbons (Fsp3) is 0.500. The first-order valence-electron chi connectivity index (χ1n) is 3.82. The fourth-order valence-electron chi connectivity index (χ4n) is 0.760. The van der Waals surface area contributed by atoms with Crippen molar-refractivity contribution in [2.24, 2.45) is 0 Å². The number of carbonyl (C=O) groups excluding carboxylic acids is 1. The van der Waals surface area contributed by atoms with Crippen molar-refractivity contribution >= 4 is 33.2 Å². The number of rotatable bonds is 1. The Bertz CT molecular complexity index is 316. The number of carbonyl (C=O) groups is 1. The molecule has 0 saturated carbocycles. The summed E-state index contributed by atoms with van der Waals surface area (Å²) in [5.41, 5.74) is -0.201. The van der Waals surface area contributed by atoms with Crippen molar-refractivity contribution in [1.82, 2.24) is 10.3 Å². The normalized spacial score (nSPS) is 11.4. The summed E-state index contributed by atoms with van der Waals surface area (Å²) in [6, 6.07) is 0. The van der Waals surface area contributed by atoms with Crippen molar-refractivity contribution < 1.29 is 4.79 Å². The third-order valence-electron chi connectivity index (χ3n) is 1.19. The number of hydrogen-bond donors (Lipinski definition) is 1. The molecule has 0 aliphatic heterocycles. The largest absolute Gasteiger partial charge is 0.347 e. The van der Waals surface area contributed by atoms with E-state index in [1.54, 1.807) is 6.20 Å². The summed E-state index contributed by atoms with van der Waals surface area (Å²) in [6.45, 7) is 5.84. The molecule has 13 heavy (non-hydrogen) atoms. The highest BCUT2D eigenvalue weighted by molar-refractivity contribution is 9.11. The zero-order valence-corrected chi connectivity index (χ0v) is 10.1. The molecule has 5 heteroatoms. The highest BCUT2D eigenvalue weighted by atomic mass is 79.9. The van der Waals surface area contributed by atoms with E-state index in [0.29, 0.717) is 4.88 Å². The molecule has 1 aromatic heterocycles. The topological polar surface area (TPSA) is 42.0 Å². The van der Waals surface area contributed by atoms with E-state index in [9.17, 15) is 4.79 Å². The van der Waals surface area contributed by atoms with Crippen LogP contribution in [0.3, 0.4) is 0 Å². The molecule has 1 rings (SSSR count). The van der Waals surface area contributed by atoms with Gasteiger partial charge in [0.25, 0.3) is 5.91 Å². The quantitative estimate of drug-likeness (QED) is 0.845. The first-order chi connectivity index (χ1) is 5.88. The highest BCUT2D eigenvalue weighted by Crippen LogP contribution is 2.18. The van der Waals surface area contributed by atoms with Gasteiger partial charge in [0.05, 0.1) is 6.20 Å². The van der Waals surface area contributed by atoms with Crippen molar-refractivity contribution in [2.45, 2.75) is 26.3 Å². The highest BCUT2D eigenvalue weighted by Gasteiger charge is 2.16. The van der Waals surface area contributed by atoms with E-state index in [0.717, 1.165) is 3.92 Å². The molecule has 1 aromatic rings. The summed E-state index contributed by atoms with van der Waals surface area (Å²) >= 11 is 4.54. The van der Waals surface area contributed by atoms with E-state index < -0.39 is 0 Å². The Balaban J connectivity index is 2.70. The summed E-state index contributed by atoms with van der Waals surface area (Å²) in [7, 11) is 0. The summed E-state index contributed by atoms with van der Waals surface area (Å²) in [5, 5.41) is 2.86. The molecule has 0 spiro atoms. The van der Waals surface area contributed by atoms with Gasteiger partial charge in [0, 0.05) is 5.54 Å². The molecule has 0 aliphatic rings. The average molecular weight is 263 g/mol. The van der Waals surface area contributed by atoms with Gasteiger partial charge in [-0.1, -0.05) is 0 Å². The predicted octanol–water partition coefficient (Wildman–Crippen LogP) is 2.43. The second kappa shape index (κ2) is 3.75. The number of nitrogens with zero attached hydrogens (tertiary/aromatic N) is 1. The molecule has 0 fully saturated rings. The summed E-state index contributed by atoms with van der Waals surface area (Å²) < 4.78 is 0.728. The molecule has 72 valence electrons. The molecular weight excluding hydrogens is 252 g/mol. The second-order valence-corrected chi connectivity index (χ2v) is 5.99. The van der Waals surface area contributed by atoms with Gasteiger partial charge in [0.2, 0.25) is 0 Å². The van der Waals surface area contributed by atoms with Crippen LogP contribution in [0.1, 0.15) is 30.4 Å². The monoisotopic (exact) mass is 262 g/mol. The van der Waals surface area contributed by atoms with Gasteiger partial charge in [0.15, 0.2) is 3.92 Å². The van der Waals surface area contributed by atoms with Gasteiger partial charge >= 0.3 is 0 Å². The Hall–Kier alpha value is -0.420. The Morgan fingerprint density at radius 1 is 1.62 bits per heavy atom. The van der Waals surface area contributed by atoms with E-state index in [-0.39, 0.29) is 11.4 Å². The minimum Gasteiger partial charge on any atom is -0.347 e. The molecule has 3 nitrogen and oxygen atoms in total. The number of aromatic nitrogens is 1. The van der Waals surface area contributed by atoms with Gasteiger partial charge in [-0.2, -0.15) is 0 Å². The molecular formula is C8H11BrN2OS. The van der Waals surface area contributed by atoms with Gasteiger partial charge in [-0.3, -0.25) is 4.79 Å². The van der Waals surface area contributed by atoms with Gasteiger partial charge in [-0.15, -0.1) is 11.3 Å². The molecule has 1 N–H and O–H groups in total. The summed E-state index contributed by atoms with van der Waals surface area (Å²) in [4.78, 5) is 16.1. The SMILES string of the molecule is CC(C)(C)NC(=O)c1cnc(Br)s1. The molecule has 0 unspecified atom stereocenters. The first-order valence-corrected chi connectivity index (χ1v) is 5.43. The molecule has 0 aliphatic carbocycles. The minimum atomic E-state index is -0.201. The van der Waals surface area contributed by atoms with Gasteiger partial charge < -0.3 is 5.32 Å². The maximum Gasteiger partial charge on any atom is 0.263 e. The van der Waals surface area contributed by atoms with Crippen LogP contribution in [0, 0.1) is 0 Å². The molecule has 1 heterocycles. The zero-order valence-electron chi connectivity index (χ0n) is 7.72. The van der Waals surface area contributed by atoms with E-state index in [2.05, 4.69) is 26.2 Å². The van der Waals surface area contributed by atoms with Crippen molar-refractivity contribution in [3.8, 4) is 0 Å². The van der Waals surface area contributed by atoms with Crippen LogP contribution in [0.25, 0.3) is 0 Å². The number of amides is 1. The Kier molecular flexibility index (Phi) is 3.08. The van der Waals surface area contributed by atoms with Crippen LogP contribution in [0.4, 0.5) is 0 Å². The third-order valence-corrected chi connectivity index (χ3v) is 2.66. The van der Waals surface area contributed by atoms with Crippen LogP contribution in [-0.4, -0.2) is 16.4 Å². The predicted molar refractivity (Wildman–Crippen MR) is 57.0 cm³/mol. The standard InChI is InChI=1S/C8H11BrN2OS/c1-8(2,3)11-6(12)5-4-10-7(9)13-5/h4H,1-3H3,(H,11,12). The number of hydrogen-bond acceptors (Lipinski definition) is 3. The number of nitrogens with one attached hydrogen (secondary N) is 1. The second-order valence-electron chi connectivity index (χ2n) is 3.68. The third kappa shape index (κ3) is 3.44. The van der Waals surface area contributed by atoms with Gasteiger partial charge in [-0.05, 0) is 36.7 Å². The van der Waals surface area contributed by atoms with Crippen LogP contribution in [0.5, 0.6) is 0 Å². The van der Waals surface area contributed by atoms with Gasteiger partial charge in [0.1, 0.15) is 4.88 Å². The van der Waals surface area contributed by atoms with Crippen LogP contribution in [0.2, 0.25) is 0 Å². The van der Waals surface area contributed by atoms with Crippen molar-refractivity contribution in [3.63, 3.8) is 0 Å². The van der Waals surface area contributed by atoms with Crippen molar-refractivity contribution in [1.29, 1.82) is 0 Å².